The standard InChI is InChI=1S/C22H23F3N4OS/c1-15(30)29(18-7-3-6-16(12-18)22(23,24)25)21-26-17(14-31-21)13-28-11-5-9-20(28)19-8-4-10-27(19)2/h3-4,6-8,10,12,14,20H,5,9,11,13H2,1-2H3/t20-/m0/s1. The van der Waals surface area contributed by atoms with Crippen LogP contribution in [0.1, 0.15) is 42.8 Å². The molecule has 9 heteroatoms. The maximum absolute atomic E-state index is 13.1. The van der Waals surface area contributed by atoms with E-state index in [0.29, 0.717) is 17.7 Å². The van der Waals surface area contributed by atoms with E-state index >= 15 is 0 Å². The number of likely N-dealkylation sites (tertiary alicyclic amines) is 1. The number of amides is 1. The largest absolute Gasteiger partial charge is 0.416 e. The first kappa shape index (κ1) is 21.6. The monoisotopic (exact) mass is 448 g/mol. The maximum atomic E-state index is 13.1. The molecular weight excluding hydrogens is 425 g/mol. The summed E-state index contributed by atoms with van der Waals surface area (Å²) in [6.45, 7) is 2.90. The molecule has 0 bridgehead atoms. The van der Waals surface area contributed by atoms with Gasteiger partial charge in [0.1, 0.15) is 0 Å². The van der Waals surface area contributed by atoms with Crippen molar-refractivity contribution in [1.82, 2.24) is 14.5 Å². The third kappa shape index (κ3) is 4.52. The molecule has 0 N–H and O–H groups in total. The molecule has 164 valence electrons. The number of nitrogens with zero attached hydrogens (tertiary/aromatic N) is 4. The van der Waals surface area contributed by atoms with Gasteiger partial charge in [0.2, 0.25) is 5.91 Å². The van der Waals surface area contributed by atoms with Gasteiger partial charge in [-0.1, -0.05) is 6.07 Å². The zero-order chi connectivity index (χ0) is 22.2. The van der Waals surface area contributed by atoms with E-state index in [0.717, 1.165) is 37.2 Å². The number of carbonyl (C=O) groups is 1. The average molecular weight is 449 g/mol. The Hall–Kier alpha value is -2.65. The van der Waals surface area contributed by atoms with Crippen molar-refractivity contribution >= 4 is 28.1 Å². The lowest BCUT2D eigenvalue weighted by atomic mass is 10.1. The molecule has 1 saturated heterocycles. The number of aryl methyl sites for hydroxylation is 1. The maximum Gasteiger partial charge on any atom is 0.416 e. The lowest BCUT2D eigenvalue weighted by molar-refractivity contribution is -0.137. The zero-order valence-electron chi connectivity index (χ0n) is 17.3. The van der Waals surface area contributed by atoms with Crippen LogP contribution in [0.5, 0.6) is 0 Å². The Morgan fingerprint density at radius 1 is 1.29 bits per heavy atom. The molecule has 0 spiro atoms. The van der Waals surface area contributed by atoms with Crippen molar-refractivity contribution in [3.8, 4) is 0 Å². The minimum Gasteiger partial charge on any atom is -0.353 e. The van der Waals surface area contributed by atoms with Crippen LogP contribution in [0, 0.1) is 0 Å². The summed E-state index contributed by atoms with van der Waals surface area (Å²) in [6, 6.07) is 9.23. The number of rotatable bonds is 5. The lowest BCUT2D eigenvalue weighted by Gasteiger charge is -2.24. The summed E-state index contributed by atoms with van der Waals surface area (Å²) in [5.74, 6) is -0.386. The third-order valence-electron chi connectivity index (χ3n) is 5.53. The number of benzene rings is 1. The van der Waals surface area contributed by atoms with Gasteiger partial charge in [0, 0.05) is 37.8 Å². The van der Waals surface area contributed by atoms with E-state index in [4.69, 9.17) is 0 Å². The number of aromatic nitrogens is 2. The summed E-state index contributed by atoms with van der Waals surface area (Å²) in [7, 11) is 2.03. The van der Waals surface area contributed by atoms with Crippen molar-refractivity contribution < 1.29 is 18.0 Å². The van der Waals surface area contributed by atoms with E-state index in [1.165, 1.54) is 41.0 Å². The predicted molar refractivity (Wildman–Crippen MR) is 114 cm³/mol. The molecule has 3 heterocycles. The van der Waals surface area contributed by atoms with Crippen LogP contribution in [0.3, 0.4) is 0 Å². The number of alkyl halides is 3. The van der Waals surface area contributed by atoms with E-state index in [2.05, 4.69) is 20.5 Å². The number of hydrogen-bond donors (Lipinski definition) is 0. The molecule has 2 aromatic heterocycles. The van der Waals surface area contributed by atoms with Gasteiger partial charge in [-0.15, -0.1) is 11.3 Å². The number of hydrogen-bond acceptors (Lipinski definition) is 4. The van der Waals surface area contributed by atoms with Crippen molar-refractivity contribution in [3.63, 3.8) is 0 Å². The van der Waals surface area contributed by atoms with Crippen molar-refractivity contribution in [1.29, 1.82) is 0 Å². The number of carbonyl (C=O) groups excluding carboxylic acids is 1. The van der Waals surface area contributed by atoms with E-state index in [9.17, 15) is 18.0 Å². The molecule has 1 fully saturated rings. The SMILES string of the molecule is CC(=O)N(c1cccc(C(F)(F)F)c1)c1nc(CN2CCC[C@H]2c2cccn2C)cs1. The summed E-state index contributed by atoms with van der Waals surface area (Å²) < 4.78 is 41.5. The quantitative estimate of drug-likeness (QED) is 0.516. The molecule has 0 saturated carbocycles. The van der Waals surface area contributed by atoms with Gasteiger partial charge in [-0.25, -0.2) is 4.98 Å². The molecule has 1 aliphatic heterocycles. The lowest BCUT2D eigenvalue weighted by Crippen LogP contribution is -2.25. The Morgan fingerprint density at radius 2 is 2.10 bits per heavy atom. The Kier molecular flexibility index (Phi) is 5.90. The first-order valence-electron chi connectivity index (χ1n) is 10.0. The molecule has 31 heavy (non-hydrogen) atoms. The predicted octanol–water partition coefficient (Wildman–Crippen LogP) is 5.52. The second-order valence-electron chi connectivity index (χ2n) is 7.70. The fourth-order valence-electron chi connectivity index (χ4n) is 4.10. The molecule has 4 rings (SSSR count). The van der Waals surface area contributed by atoms with Gasteiger partial charge in [-0.05, 0) is 49.7 Å². The van der Waals surface area contributed by atoms with Crippen molar-refractivity contribution in [3.05, 3.63) is 64.9 Å². The van der Waals surface area contributed by atoms with Crippen LogP contribution in [-0.2, 0) is 24.6 Å². The third-order valence-corrected chi connectivity index (χ3v) is 6.41. The smallest absolute Gasteiger partial charge is 0.353 e. The van der Waals surface area contributed by atoms with Gasteiger partial charge in [0.15, 0.2) is 5.13 Å². The minimum atomic E-state index is -4.48. The molecule has 5 nitrogen and oxygen atoms in total. The van der Waals surface area contributed by atoms with Crippen LogP contribution >= 0.6 is 11.3 Å². The molecule has 1 aromatic carbocycles. The second kappa shape index (κ2) is 8.47. The van der Waals surface area contributed by atoms with E-state index in [-0.39, 0.29) is 11.6 Å². The minimum absolute atomic E-state index is 0.158. The Balaban J connectivity index is 1.57. The highest BCUT2D eigenvalue weighted by Crippen LogP contribution is 2.36. The highest BCUT2D eigenvalue weighted by molar-refractivity contribution is 7.14. The van der Waals surface area contributed by atoms with Crippen molar-refractivity contribution in [2.75, 3.05) is 11.4 Å². The molecule has 0 aliphatic carbocycles. The van der Waals surface area contributed by atoms with E-state index in [1.54, 1.807) is 0 Å². The Bertz CT molecular complexity index is 1070. The first-order valence-corrected chi connectivity index (χ1v) is 10.9. The van der Waals surface area contributed by atoms with Gasteiger partial charge in [-0.3, -0.25) is 14.6 Å². The van der Waals surface area contributed by atoms with Gasteiger partial charge in [0.05, 0.1) is 23.0 Å². The fraction of sp³-hybridized carbons (Fsp3) is 0.364. The summed E-state index contributed by atoms with van der Waals surface area (Å²) in [5, 5.41) is 2.25. The molecule has 1 aliphatic rings. The molecule has 3 aromatic rings. The first-order chi connectivity index (χ1) is 14.7. The molecular formula is C22H23F3N4OS. The zero-order valence-corrected chi connectivity index (χ0v) is 18.1. The fourth-order valence-corrected chi connectivity index (χ4v) is 4.98. The average Bonchev–Trinajstić information content (AvgIpc) is 3.43. The van der Waals surface area contributed by atoms with E-state index in [1.807, 2.05) is 24.7 Å². The summed E-state index contributed by atoms with van der Waals surface area (Å²) >= 11 is 1.26. The summed E-state index contributed by atoms with van der Waals surface area (Å²) in [6.07, 6.45) is -0.282. The van der Waals surface area contributed by atoms with Crippen LogP contribution in [0.4, 0.5) is 24.0 Å². The Morgan fingerprint density at radius 3 is 2.77 bits per heavy atom. The van der Waals surface area contributed by atoms with Gasteiger partial charge in [0.25, 0.3) is 0 Å². The number of thiazole rings is 1. The number of anilines is 2. The molecule has 1 atom stereocenters. The molecule has 0 radical (unpaired) electrons. The Labute approximate surface area is 182 Å². The number of halogens is 3. The van der Waals surface area contributed by atoms with E-state index < -0.39 is 11.7 Å². The van der Waals surface area contributed by atoms with Gasteiger partial charge in [-0.2, -0.15) is 13.2 Å². The van der Waals surface area contributed by atoms with Crippen LogP contribution < -0.4 is 4.90 Å². The normalized spacial score (nSPS) is 17.3. The van der Waals surface area contributed by atoms with Crippen LogP contribution in [0.15, 0.2) is 48.0 Å². The summed E-state index contributed by atoms with van der Waals surface area (Å²) in [4.78, 5) is 20.5. The highest BCUT2D eigenvalue weighted by Gasteiger charge is 2.32. The van der Waals surface area contributed by atoms with Crippen molar-refractivity contribution in [2.24, 2.45) is 7.05 Å². The van der Waals surface area contributed by atoms with Crippen molar-refractivity contribution in [2.45, 2.75) is 38.5 Å². The second-order valence-corrected chi connectivity index (χ2v) is 8.53. The topological polar surface area (TPSA) is 41.4 Å². The van der Waals surface area contributed by atoms with Crippen LogP contribution in [-0.4, -0.2) is 26.9 Å². The molecule has 0 unspecified atom stereocenters. The highest BCUT2D eigenvalue weighted by atomic mass is 32.1. The molecule has 1 amide bonds. The van der Waals surface area contributed by atoms with Gasteiger partial charge < -0.3 is 4.57 Å². The van der Waals surface area contributed by atoms with Crippen LogP contribution in [0.25, 0.3) is 0 Å². The summed E-state index contributed by atoms with van der Waals surface area (Å²) in [5.41, 5.74) is 1.42. The van der Waals surface area contributed by atoms with Gasteiger partial charge >= 0.3 is 6.18 Å². The van der Waals surface area contributed by atoms with Crippen LogP contribution in [0.2, 0.25) is 0 Å².